The maximum Gasteiger partial charge on any atom is 0.223 e. The average molecular weight is 367 g/mol. The van der Waals surface area contributed by atoms with E-state index in [2.05, 4.69) is 5.32 Å². The SMILES string of the molecule is COc1cc(N(CCC(=O)NCCN(C)C)C(C)=O)cc(OC)c1OC. The molecule has 0 atom stereocenters. The van der Waals surface area contributed by atoms with Crippen molar-refractivity contribution in [2.75, 3.05) is 60.0 Å². The summed E-state index contributed by atoms with van der Waals surface area (Å²) in [6.45, 7) is 3.03. The Morgan fingerprint density at radius 2 is 1.58 bits per heavy atom. The molecule has 0 fully saturated rings. The van der Waals surface area contributed by atoms with Crippen molar-refractivity contribution in [2.24, 2.45) is 0 Å². The van der Waals surface area contributed by atoms with Gasteiger partial charge in [0.2, 0.25) is 17.6 Å². The van der Waals surface area contributed by atoms with E-state index in [1.807, 2.05) is 19.0 Å². The van der Waals surface area contributed by atoms with Crippen LogP contribution in [0.1, 0.15) is 13.3 Å². The van der Waals surface area contributed by atoms with Crippen molar-refractivity contribution in [1.29, 1.82) is 0 Å². The first-order chi connectivity index (χ1) is 12.3. The predicted molar refractivity (Wildman–Crippen MR) is 100 cm³/mol. The summed E-state index contributed by atoms with van der Waals surface area (Å²) in [5, 5.41) is 2.84. The Kier molecular flexibility index (Phi) is 8.71. The molecule has 0 aromatic heterocycles. The molecule has 0 unspecified atom stereocenters. The molecule has 0 saturated heterocycles. The first-order valence-corrected chi connectivity index (χ1v) is 8.33. The van der Waals surface area contributed by atoms with Crippen LogP contribution in [0.3, 0.4) is 0 Å². The van der Waals surface area contributed by atoms with Gasteiger partial charge in [0, 0.05) is 45.1 Å². The molecule has 0 aliphatic heterocycles. The molecule has 8 nitrogen and oxygen atoms in total. The Balaban J connectivity index is 2.90. The Hall–Kier alpha value is -2.48. The van der Waals surface area contributed by atoms with E-state index >= 15 is 0 Å². The van der Waals surface area contributed by atoms with Crippen LogP contribution >= 0.6 is 0 Å². The van der Waals surface area contributed by atoms with E-state index < -0.39 is 0 Å². The van der Waals surface area contributed by atoms with Crippen LogP contribution in [0.2, 0.25) is 0 Å². The Labute approximate surface area is 155 Å². The Bertz CT molecular complexity index is 594. The van der Waals surface area contributed by atoms with Crippen molar-refractivity contribution >= 4 is 17.5 Å². The third-order valence-electron chi connectivity index (χ3n) is 3.78. The summed E-state index contributed by atoms with van der Waals surface area (Å²) in [7, 11) is 8.41. The van der Waals surface area contributed by atoms with Crippen molar-refractivity contribution in [2.45, 2.75) is 13.3 Å². The molecule has 0 aliphatic carbocycles. The molecular formula is C18H29N3O5. The van der Waals surface area contributed by atoms with Gasteiger partial charge in [0.25, 0.3) is 0 Å². The second-order valence-corrected chi connectivity index (χ2v) is 5.96. The van der Waals surface area contributed by atoms with Gasteiger partial charge in [-0.25, -0.2) is 0 Å². The standard InChI is InChI=1S/C18H29N3O5/c1-13(22)21(9-7-17(23)19-8-10-20(2)3)14-11-15(24-4)18(26-6)16(12-14)25-5/h11-12H,7-10H2,1-6H3,(H,19,23). The van der Waals surface area contributed by atoms with Crippen LogP contribution in [0.15, 0.2) is 12.1 Å². The van der Waals surface area contributed by atoms with E-state index in [1.54, 1.807) is 12.1 Å². The molecule has 0 bridgehead atoms. The van der Waals surface area contributed by atoms with E-state index in [-0.39, 0.29) is 24.8 Å². The van der Waals surface area contributed by atoms with Crippen LogP contribution in [0.25, 0.3) is 0 Å². The first-order valence-electron chi connectivity index (χ1n) is 8.33. The van der Waals surface area contributed by atoms with Crippen molar-refractivity contribution in [3.63, 3.8) is 0 Å². The zero-order chi connectivity index (χ0) is 19.7. The van der Waals surface area contributed by atoms with E-state index in [9.17, 15) is 9.59 Å². The summed E-state index contributed by atoms with van der Waals surface area (Å²) in [4.78, 5) is 27.6. The van der Waals surface area contributed by atoms with Crippen molar-refractivity contribution in [3.05, 3.63) is 12.1 Å². The number of anilines is 1. The monoisotopic (exact) mass is 367 g/mol. The van der Waals surface area contributed by atoms with Gasteiger partial charge in [-0.3, -0.25) is 9.59 Å². The zero-order valence-electron chi connectivity index (χ0n) is 16.4. The number of hydrogen-bond donors (Lipinski definition) is 1. The number of methoxy groups -OCH3 is 3. The number of carbonyl (C=O) groups is 2. The maximum atomic E-state index is 12.1. The predicted octanol–water partition coefficient (Wildman–Crippen LogP) is 1.13. The van der Waals surface area contributed by atoms with Crippen LogP contribution in [0.4, 0.5) is 5.69 Å². The van der Waals surface area contributed by atoms with Gasteiger partial charge in [-0.1, -0.05) is 0 Å². The van der Waals surface area contributed by atoms with Crippen LogP contribution in [0.5, 0.6) is 17.2 Å². The van der Waals surface area contributed by atoms with Crippen LogP contribution in [-0.4, -0.2) is 71.8 Å². The summed E-state index contributed by atoms with van der Waals surface area (Å²) < 4.78 is 15.9. The van der Waals surface area contributed by atoms with Gasteiger partial charge in [-0.05, 0) is 14.1 Å². The molecule has 1 N–H and O–H groups in total. The van der Waals surface area contributed by atoms with Crippen LogP contribution in [-0.2, 0) is 9.59 Å². The highest BCUT2D eigenvalue weighted by Gasteiger charge is 2.19. The van der Waals surface area contributed by atoms with Gasteiger partial charge < -0.3 is 29.3 Å². The highest BCUT2D eigenvalue weighted by molar-refractivity contribution is 5.93. The van der Waals surface area contributed by atoms with Crippen molar-refractivity contribution < 1.29 is 23.8 Å². The minimum Gasteiger partial charge on any atom is -0.493 e. The molecule has 2 amide bonds. The van der Waals surface area contributed by atoms with Crippen molar-refractivity contribution in [3.8, 4) is 17.2 Å². The van der Waals surface area contributed by atoms with E-state index in [0.29, 0.717) is 29.5 Å². The van der Waals surface area contributed by atoms with Gasteiger partial charge in [0.05, 0.1) is 27.0 Å². The van der Waals surface area contributed by atoms with Gasteiger partial charge in [0.15, 0.2) is 11.5 Å². The fourth-order valence-corrected chi connectivity index (χ4v) is 2.41. The van der Waals surface area contributed by atoms with Crippen molar-refractivity contribution in [1.82, 2.24) is 10.2 Å². The molecule has 0 heterocycles. The number of ether oxygens (including phenoxy) is 3. The number of benzene rings is 1. The van der Waals surface area contributed by atoms with Crippen LogP contribution < -0.4 is 24.4 Å². The second kappa shape index (κ2) is 10.5. The lowest BCUT2D eigenvalue weighted by Crippen LogP contribution is -2.36. The van der Waals surface area contributed by atoms with E-state index in [4.69, 9.17) is 14.2 Å². The van der Waals surface area contributed by atoms with Gasteiger partial charge >= 0.3 is 0 Å². The first kappa shape index (κ1) is 21.6. The van der Waals surface area contributed by atoms with E-state index in [1.165, 1.54) is 33.2 Å². The molecule has 0 aliphatic rings. The summed E-state index contributed by atoms with van der Waals surface area (Å²) >= 11 is 0. The Morgan fingerprint density at radius 3 is 2.00 bits per heavy atom. The number of amides is 2. The summed E-state index contributed by atoms with van der Waals surface area (Å²) in [6.07, 6.45) is 0.198. The minimum atomic E-state index is -0.180. The van der Waals surface area contributed by atoms with E-state index in [0.717, 1.165) is 6.54 Å². The fourth-order valence-electron chi connectivity index (χ4n) is 2.41. The quantitative estimate of drug-likeness (QED) is 0.668. The number of carbonyl (C=O) groups excluding carboxylic acids is 2. The lowest BCUT2D eigenvalue weighted by Gasteiger charge is -2.23. The largest absolute Gasteiger partial charge is 0.493 e. The number of likely N-dealkylation sites (N-methyl/N-ethyl adjacent to an activating group) is 1. The molecule has 146 valence electrons. The Morgan fingerprint density at radius 1 is 1.00 bits per heavy atom. The number of nitrogens with zero attached hydrogens (tertiary/aromatic N) is 2. The van der Waals surface area contributed by atoms with Crippen LogP contribution in [0, 0.1) is 0 Å². The van der Waals surface area contributed by atoms with Gasteiger partial charge in [0.1, 0.15) is 0 Å². The van der Waals surface area contributed by atoms with Gasteiger partial charge in [-0.15, -0.1) is 0 Å². The van der Waals surface area contributed by atoms with Gasteiger partial charge in [-0.2, -0.15) is 0 Å². The molecule has 1 aromatic carbocycles. The third kappa shape index (κ3) is 6.11. The highest BCUT2D eigenvalue weighted by Crippen LogP contribution is 2.41. The molecule has 0 saturated carbocycles. The summed E-state index contributed by atoms with van der Waals surface area (Å²) in [5.74, 6) is 1.06. The molecule has 0 spiro atoms. The number of hydrogen-bond acceptors (Lipinski definition) is 6. The average Bonchev–Trinajstić information content (AvgIpc) is 2.60. The number of rotatable bonds is 10. The normalized spacial score (nSPS) is 10.4. The smallest absolute Gasteiger partial charge is 0.223 e. The summed E-state index contributed by atoms with van der Waals surface area (Å²) in [5.41, 5.74) is 0.577. The lowest BCUT2D eigenvalue weighted by atomic mass is 10.2. The second-order valence-electron chi connectivity index (χ2n) is 5.96. The molecular weight excluding hydrogens is 338 g/mol. The summed E-state index contributed by atoms with van der Waals surface area (Å²) in [6, 6.07) is 3.37. The maximum absolute atomic E-state index is 12.1. The molecule has 8 heteroatoms. The zero-order valence-corrected chi connectivity index (χ0v) is 16.4. The topological polar surface area (TPSA) is 80.3 Å². The highest BCUT2D eigenvalue weighted by atomic mass is 16.5. The minimum absolute atomic E-state index is 0.106. The lowest BCUT2D eigenvalue weighted by molar-refractivity contribution is -0.121. The molecule has 0 radical (unpaired) electrons. The molecule has 1 aromatic rings. The fraction of sp³-hybridized carbons (Fsp3) is 0.556. The third-order valence-corrected chi connectivity index (χ3v) is 3.78. The number of nitrogens with one attached hydrogen (secondary N) is 1. The molecule has 1 rings (SSSR count). The molecule has 26 heavy (non-hydrogen) atoms.